The number of hydrogen-bond acceptors (Lipinski definition) is 5. The highest BCUT2D eigenvalue weighted by Crippen LogP contribution is 2.31. The third kappa shape index (κ3) is 5.80. The molecule has 0 saturated carbocycles. The van der Waals surface area contributed by atoms with E-state index in [1.807, 2.05) is 6.92 Å². The minimum atomic E-state index is -4.61. The minimum Gasteiger partial charge on any atom is -0.492 e. The van der Waals surface area contributed by atoms with Crippen molar-refractivity contribution < 1.29 is 27.4 Å². The zero-order valence-electron chi connectivity index (χ0n) is 21.7. The van der Waals surface area contributed by atoms with E-state index in [2.05, 4.69) is 0 Å². The molecule has 4 aromatic rings. The highest BCUT2D eigenvalue weighted by atomic mass is 19.4. The number of para-hydroxylation sites is 3. The molecule has 1 unspecified atom stereocenters. The number of methoxy groups -OCH3 is 1. The number of alkyl halides is 3. The molecular weight excluding hydrogens is 511 g/mol. The predicted octanol–water partition coefficient (Wildman–Crippen LogP) is 5.65. The van der Waals surface area contributed by atoms with Crippen molar-refractivity contribution in [2.45, 2.75) is 26.1 Å². The molecule has 0 bridgehead atoms. The summed E-state index contributed by atoms with van der Waals surface area (Å²) < 4.78 is 52.5. The van der Waals surface area contributed by atoms with Crippen molar-refractivity contribution in [3.8, 4) is 11.4 Å². The molecule has 1 heterocycles. The molecule has 0 saturated heterocycles. The summed E-state index contributed by atoms with van der Waals surface area (Å²) in [5, 5.41) is 0.368. The lowest BCUT2D eigenvalue weighted by Crippen LogP contribution is -2.39. The molecular formula is C29H28F3N3O4. The van der Waals surface area contributed by atoms with Gasteiger partial charge in [-0.1, -0.05) is 30.3 Å². The molecule has 1 aromatic heterocycles. The molecule has 7 nitrogen and oxygen atoms in total. The number of hydrogen-bond donors (Lipinski definition) is 0. The van der Waals surface area contributed by atoms with Crippen LogP contribution in [0.15, 0.2) is 77.6 Å². The van der Waals surface area contributed by atoms with Crippen LogP contribution in [0.3, 0.4) is 0 Å². The van der Waals surface area contributed by atoms with Gasteiger partial charge in [0, 0.05) is 19.2 Å². The Morgan fingerprint density at radius 3 is 2.49 bits per heavy atom. The van der Waals surface area contributed by atoms with E-state index in [0.29, 0.717) is 28.9 Å². The van der Waals surface area contributed by atoms with Gasteiger partial charge in [-0.2, -0.15) is 13.2 Å². The van der Waals surface area contributed by atoms with Gasteiger partial charge in [-0.25, -0.2) is 4.98 Å². The fourth-order valence-corrected chi connectivity index (χ4v) is 4.38. The lowest BCUT2D eigenvalue weighted by atomic mass is 10.1. The quantitative estimate of drug-likeness (QED) is 0.275. The Morgan fingerprint density at radius 1 is 1.05 bits per heavy atom. The number of carbonyl (C=O) groups is 1. The molecule has 10 heteroatoms. The van der Waals surface area contributed by atoms with E-state index in [1.54, 1.807) is 55.5 Å². The zero-order chi connectivity index (χ0) is 28.2. The smallest absolute Gasteiger partial charge is 0.416 e. The second-order valence-corrected chi connectivity index (χ2v) is 8.77. The van der Waals surface area contributed by atoms with Gasteiger partial charge in [-0.3, -0.25) is 14.2 Å². The first-order valence-electron chi connectivity index (χ1n) is 12.4. The van der Waals surface area contributed by atoms with Crippen LogP contribution in [0, 0.1) is 0 Å². The largest absolute Gasteiger partial charge is 0.492 e. The summed E-state index contributed by atoms with van der Waals surface area (Å²) in [5.74, 6) is 0.0141. The number of aromatic nitrogens is 2. The Bertz CT molecular complexity index is 1530. The van der Waals surface area contributed by atoms with Gasteiger partial charge in [0.15, 0.2) is 0 Å². The van der Waals surface area contributed by atoms with Crippen molar-refractivity contribution in [2.24, 2.45) is 0 Å². The van der Waals surface area contributed by atoms with Crippen molar-refractivity contribution >= 4 is 16.8 Å². The van der Waals surface area contributed by atoms with Crippen molar-refractivity contribution in [1.29, 1.82) is 0 Å². The van der Waals surface area contributed by atoms with Crippen LogP contribution in [0.4, 0.5) is 13.2 Å². The highest BCUT2D eigenvalue weighted by molar-refractivity contribution is 5.94. The number of carbonyl (C=O) groups excluding carboxylic acids is 1. The van der Waals surface area contributed by atoms with Crippen molar-refractivity contribution in [3.63, 3.8) is 0 Å². The molecule has 0 aliphatic carbocycles. The van der Waals surface area contributed by atoms with E-state index in [0.717, 1.165) is 12.1 Å². The molecule has 1 amide bonds. The molecule has 3 aromatic carbocycles. The van der Waals surface area contributed by atoms with Crippen LogP contribution in [0.5, 0.6) is 5.75 Å². The van der Waals surface area contributed by atoms with Gasteiger partial charge in [0.1, 0.15) is 11.6 Å². The first-order valence-corrected chi connectivity index (χ1v) is 12.4. The number of amides is 1. The van der Waals surface area contributed by atoms with Gasteiger partial charge < -0.3 is 14.4 Å². The van der Waals surface area contributed by atoms with E-state index in [9.17, 15) is 22.8 Å². The van der Waals surface area contributed by atoms with E-state index < -0.39 is 23.7 Å². The van der Waals surface area contributed by atoms with Crippen LogP contribution in [0.1, 0.15) is 41.6 Å². The molecule has 39 heavy (non-hydrogen) atoms. The van der Waals surface area contributed by atoms with Gasteiger partial charge >= 0.3 is 6.18 Å². The third-order valence-corrected chi connectivity index (χ3v) is 6.28. The summed E-state index contributed by atoms with van der Waals surface area (Å²) in [6.07, 6.45) is -4.61. The second kappa shape index (κ2) is 11.7. The van der Waals surface area contributed by atoms with Crippen LogP contribution >= 0.6 is 0 Å². The minimum absolute atomic E-state index is 0.0442. The molecule has 0 spiro atoms. The van der Waals surface area contributed by atoms with Gasteiger partial charge in [0.05, 0.1) is 41.4 Å². The van der Waals surface area contributed by atoms with E-state index in [4.69, 9.17) is 14.5 Å². The summed E-state index contributed by atoms with van der Waals surface area (Å²) in [6, 6.07) is 17.2. The molecule has 0 aliphatic heterocycles. The van der Waals surface area contributed by atoms with Crippen LogP contribution in [-0.2, 0) is 10.9 Å². The molecule has 1 atom stereocenters. The number of fused-ring (bicyclic) bond motifs is 1. The average molecular weight is 540 g/mol. The Balaban J connectivity index is 1.91. The summed E-state index contributed by atoms with van der Waals surface area (Å²) >= 11 is 0. The zero-order valence-corrected chi connectivity index (χ0v) is 21.7. The van der Waals surface area contributed by atoms with Crippen LogP contribution in [0.25, 0.3) is 16.6 Å². The summed E-state index contributed by atoms with van der Waals surface area (Å²) in [5.41, 5.74) is -0.584. The van der Waals surface area contributed by atoms with E-state index >= 15 is 0 Å². The van der Waals surface area contributed by atoms with Crippen molar-refractivity contribution in [1.82, 2.24) is 14.5 Å². The molecule has 0 aliphatic rings. The van der Waals surface area contributed by atoms with Gasteiger partial charge in [-0.15, -0.1) is 0 Å². The number of halogens is 3. The Morgan fingerprint density at radius 2 is 1.77 bits per heavy atom. The second-order valence-electron chi connectivity index (χ2n) is 8.77. The standard InChI is InChI=1S/C29H28F3N3O4/c1-4-39-25-15-8-7-14-24(25)35-26(33-23-13-6-5-12-22(23)28(35)37)19(2)34(16-17-38-3)27(36)20-10-9-11-21(18-20)29(30,31)32/h5-15,18-19H,4,16-17H2,1-3H3. The van der Waals surface area contributed by atoms with Crippen LogP contribution in [0.2, 0.25) is 0 Å². The predicted molar refractivity (Wildman–Crippen MR) is 141 cm³/mol. The van der Waals surface area contributed by atoms with Crippen molar-refractivity contribution in [3.05, 3.63) is 100 Å². The molecule has 4 rings (SSSR count). The Hall–Kier alpha value is -4.18. The van der Waals surface area contributed by atoms with Crippen LogP contribution in [-0.4, -0.2) is 47.2 Å². The van der Waals surface area contributed by atoms with Gasteiger partial charge in [-0.05, 0) is 56.3 Å². The topological polar surface area (TPSA) is 73.7 Å². The Labute approximate surface area is 223 Å². The average Bonchev–Trinajstić information content (AvgIpc) is 2.93. The summed E-state index contributed by atoms with van der Waals surface area (Å²) in [6.45, 7) is 4.01. The Kier molecular flexibility index (Phi) is 8.35. The fraction of sp³-hybridized carbons (Fsp3) is 0.276. The fourth-order valence-electron chi connectivity index (χ4n) is 4.38. The highest BCUT2D eigenvalue weighted by Gasteiger charge is 2.33. The first-order chi connectivity index (χ1) is 18.7. The number of benzene rings is 3. The maximum absolute atomic E-state index is 13.9. The third-order valence-electron chi connectivity index (χ3n) is 6.28. The van der Waals surface area contributed by atoms with Crippen molar-refractivity contribution in [2.75, 3.05) is 26.9 Å². The van der Waals surface area contributed by atoms with Crippen LogP contribution < -0.4 is 10.3 Å². The normalized spacial score (nSPS) is 12.4. The molecule has 0 fully saturated rings. The molecule has 0 radical (unpaired) electrons. The number of ether oxygens (including phenoxy) is 2. The maximum atomic E-state index is 13.9. The van der Waals surface area contributed by atoms with Gasteiger partial charge in [0.2, 0.25) is 0 Å². The number of nitrogens with zero attached hydrogens (tertiary/aromatic N) is 3. The van der Waals surface area contributed by atoms with E-state index in [-0.39, 0.29) is 30.1 Å². The SMILES string of the molecule is CCOc1ccccc1-n1c(C(C)N(CCOC)C(=O)c2cccc(C(F)(F)F)c2)nc2ccccc2c1=O. The lowest BCUT2D eigenvalue weighted by molar-refractivity contribution is -0.137. The molecule has 204 valence electrons. The first kappa shape index (κ1) is 27.8. The summed E-state index contributed by atoms with van der Waals surface area (Å²) in [4.78, 5) is 33.7. The number of rotatable bonds is 9. The maximum Gasteiger partial charge on any atom is 0.416 e. The molecule has 0 N–H and O–H groups in total. The van der Waals surface area contributed by atoms with E-state index in [1.165, 1.54) is 28.7 Å². The summed E-state index contributed by atoms with van der Waals surface area (Å²) in [7, 11) is 1.46. The monoisotopic (exact) mass is 539 g/mol. The lowest BCUT2D eigenvalue weighted by Gasteiger charge is -2.31. The van der Waals surface area contributed by atoms with Gasteiger partial charge in [0.25, 0.3) is 11.5 Å².